The molecule has 0 amide bonds. The molecule has 3 nitrogen and oxygen atoms in total. The van der Waals surface area contributed by atoms with Gasteiger partial charge >= 0.3 is 0 Å². The fraction of sp³-hybridized carbons (Fsp3) is 0.923. The van der Waals surface area contributed by atoms with Gasteiger partial charge in [-0.3, -0.25) is 0 Å². The quantitative estimate of drug-likeness (QED) is 0.689. The first-order valence-corrected chi connectivity index (χ1v) is 6.33. The Bertz CT molecular complexity index is 194. The molecule has 0 rings (SSSR count). The van der Waals surface area contributed by atoms with E-state index in [9.17, 15) is 0 Å². The summed E-state index contributed by atoms with van der Waals surface area (Å²) in [6.07, 6.45) is 2.35. The van der Waals surface area contributed by atoms with Crippen molar-refractivity contribution in [3.05, 3.63) is 0 Å². The van der Waals surface area contributed by atoms with Gasteiger partial charge in [-0.25, -0.2) is 0 Å². The third-order valence-electron chi connectivity index (χ3n) is 2.67. The molecule has 2 N–H and O–H groups in total. The highest BCUT2D eigenvalue weighted by Crippen LogP contribution is 2.06. The van der Waals surface area contributed by atoms with Gasteiger partial charge in [-0.2, -0.15) is 5.26 Å². The summed E-state index contributed by atoms with van der Waals surface area (Å²) in [5.74, 6) is 1.42. The van der Waals surface area contributed by atoms with Gasteiger partial charge in [-0.1, -0.05) is 27.7 Å². The molecule has 0 aliphatic rings. The van der Waals surface area contributed by atoms with Crippen LogP contribution in [0.3, 0.4) is 0 Å². The number of rotatable bonds is 8. The molecule has 0 aromatic heterocycles. The van der Waals surface area contributed by atoms with E-state index in [1.54, 1.807) is 0 Å². The van der Waals surface area contributed by atoms with Crippen molar-refractivity contribution in [1.82, 2.24) is 4.90 Å². The van der Waals surface area contributed by atoms with Gasteiger partial charge in [-0.05, 0) is 37.8 Å². The molecule has 0 spiro atoms. The van der Waals surface area contributed by atoms with Gasteiger partial charge in [0.25, 0.3) is 0 Å². The fourth-order valence-corrected chi connectivity index (χ4v) is 1.49. The van der Waals surface area contributed by atoms with E-state index in [1.807, 2.05) is 0 Å². The van der Waals surface area contributed by atoms with Crippen molar-refractivity contribution in [3.8, 4) is 6.07 Å². The SMILES string of the molecule is CC(C)CCN(CCC(C)C)CC(N)C#N. The number of hydrogen-bond acceptors (Lipinski definition) is 3. The number of nitrogens with two attached hydrogens (primary N) is 1. The third-order valence-corrected chi connectivity index (χ3v) is 2.67. The Morgan fingerprint density at radius 2 is 1.50 bits per heavy atom. The molecule has 1 unspecified atom stereocenters. The van der Waals surface area contributed by atoms with Crippen LogP contribution in [0.25, 0.3) is 0 Å². The average Bonchev–Trinajstić information content (AvgIpc) is 2.21. The summed E-state index contributed by atoms with van der Waals surface area (Å²) in [5.41, 5.74) is 5.68. The molecule has 0 saturated heterocycles. The number of nitriles is 1. The smallest absolute Gasteiger partial charge is 0.106 e. The van der Waals surface area contributed by atoms with Gasteiger partial charge in [0.2, 0.25) is 0 Å². The van der Waals surface area contributed by atoms with Gasteiger partial charge in [0.1, 0.15) is 6.04 Å². The molecule has 3 heteroatoms. The molecule has 0 aliphatic heterocycles. The maximum absolute atomic E-state index is 8.74. The number of hydrogen-bond donors (Lipinski definition) is 1. The second-order valence-electron chi connectivity index (χ2n) is 5.40. The predicted octanol–water partition coefficient (Wildman–Crippen LogP) is 2.23. The van der Waals surface area contributed by atoms with Crippen molar-refractivity contribution in [2.75, 3.05) is 19.6 Å². The molecule has 0 radical (unpaired) electrons. The van der Waals surface area contributed by atoms with Crippen LogP contribution in [-0.4, -0.2) is 30.6 Å². The molecule has 1 atom stereocenters. The summed E-state index contributed by atoms with van der Waals surface area (Å²) in [6.45, 7) is 11.7. The fourth-order valence-electron chi connectivity index (χ4n) is 1.49. The first-order chi connectivity index (χ1) is 7.45. The lowest BCUT2D eigenvalue weighted by Gasteiger charge is -2.24. The van der Waals surface area contributed by atoms with Crippen molar-refractivity contribution in [2.24, 2.45) is 17.6 Å². The lowest BCUT2D eigenvalue weighted by Crippen LogP contribution is -2.38. The van der Waals surface area contributed by atoms with Gasteiger partial charge < -0.3 is 10.6 Å². The molecule has 0 aromatic rings. The van der Waals surface area contributed by atoms with Crippen LogP contribution in [0.1, 0.15) is 40.5 Å². The Hall–Kier alpha value is -0.590. The van der Waals surface area contributed by atoms with Gasteiger partial charge in [0.15, 0.2) is 0 Å². The summed E-state index contributed by atoms with van der Waals surface area (Å²) < 4.78 is 0. The van der Waals surface area contributed by atoms with Crippen LogP contribution in [-0.2, 0) is 0 Å². The second kappa shape index (κ2) is 8.55. The zero-order chi connectivity index (χ0) is 12.6. The molecule has 16 heavy (non-hydrogen) atoms. The monoisotopic (exact) mass is 225 g/mol. The summed E-state index contributed by atoms with van der Waals surface area (Å²) >= 11 is 0. The van der Waals surface area contributed by atoms with Crippen LogP contribution in [0.5, 0.6) is 0 Å². The predicted molar refractivity (Wildman–Crippen MR) is 68.9 cm³/mol. The van der Waals surface area contributed by atoms with E-state index in [-0.39, 0.29) is 6.04 Å². The average molecular weight is 225 g/mol. The summed E-state index contributed by atoms with van der Waals surface area (Å²) in [5, 5.41) is 8.74. The Morgan fingerprint density at radius 1 is 1.06 bits per heavy atom. The Morgan fingerprint density at radius 3 is 1.81 bits per heavy atom. The number of nitrogens with zero attached hydrogens (tertiary/aromatic N) is 2. The van der Waals surface area contributed by atoms with Gasteiger partial charge in [-0.15, -0.1) is 0 Å². The van der Waals surface area contributed by atoms with E-state index < -0.39 is 0 Å². The molecule has 0 heterocycles. The minimum absolute atomic E-state index is 0.348. The zero-order valence-corrected chi connectivity index (χ0v) is 11.2. The van der Waals surface area contributed by atoms with Crippen molar-refractivity contribution in [2.45, 2.75) is 46.6 Å². The molecule has 0 fully saturated rings. The maximum Gasteiger partial charge on any atom is 0.106 e. The van der Waals surface area contributed by atoms with Gasteiger partial charge in [0.05, 0.1) is 6.07 Å². The van der Waals surface area contributed by atoms with Crippen molar-refractivity contribution in [1.29, 1.82) is 5.26 Å². The zero-order valence-electron chi connectivity index (χ0n) is 11.2. The molecule has 94 valence electrons. The summed E-state index contributed by atoms with van der Waals surface area (Å²) in [7, 11) is 0. The molecule has 0 aromatic carbocycles. The minimum atomic E-state index is -0.348. The van der Waals surface area contributed by atoms with Crippen molar-refractivity contribution in [3.63, 3.8) is 0 Å². The third kappa shape index (κ3) is 8.70. The summed E-state index contributed by atoms with van der Waals surface area (Å²) in [6, 6.07) is 1.76. The van der Waals surface area contributed by atoms with E-state index in [4.69, 9.17) is 11.0 Å². The van der Waals surface area contributed by atoms with E-state index in [0.717, 1.165) is 13.1 Å². The molecular formula is C13H27N3. The van der Waals surface area contributed by atoms with Crippen LogP contribution in [0.15, 0.2) is 0 Å². The van der Waals surface area contributed by atoms with Crippen LogP contribution in [0, 0.1) is 23.2 Å². The maximum atomic E-state index is 8.74. The van der Waals surface area contributed by atoms with E-state index >= 15 is 0 Å². The van der Waals surface area contributed by atoms with Gasteiger partial charge in [0, 0.05) is 6.54 Å². The van der Waals surface area contributed by atoms with E-state index in [2.05, 4.69) is 38.7 Å². The Labute approximate surface area is 101 Å². The minimum Gasteiger partial charge on any atom is -0.315 e. The van der Waals surface area contributed by atoms with Crippen molar-refractivity contribution < 1.29 is 0 Å². The highest BCUT2D eigenvalue weighted by Gasteiger charge is 2.11. The molecule has 0 aliphatic carbocycles. The highest BCUT2D eigenvalue weighted by molar-refractivity contribution is 4.89. The highest BCUT2D eigenvalue weighted by atomic mass is 15.1. The molecule has 0 saturated carbocycles. The lowest BCUT2D eigenvalue weighted by molar-refractivity contribution is 0.240. The normalized spacial score (nSPS) is 13.4. The lowest BCUT2D eigenvalue weighted by atomic mass is 10.1. The summed E-state index contributed by atoms with van der Waals surface area (Å²) in [4.78, 5) is 2.33. The standard InChI is InChI=1S/C13H27N3/c1-11(2)5-7-16(8-6-12(3)4)10-13(15)9-14/h11-13H,5-8,10,15H2,1-4H3. The topological polar surface area (TPSA) is 53.0 Å². The van der Waals surface area contributed by atoms with E-state index in [0.29, 0.717) is 18.4 Å². The largest absolute Gasteiger partial charge is 0.315 e. The molecular weight excluding hydrogens is 198 g/mol. The van der Waals surface area contributed by atoms with E-state index in [1.165, 1.54) is 12.8 Å². The Balaban J connectivity index is 4.01. The first kappa shape index (κ1) is 15.4. The molecule has 0 bridgehead atoms. The van der Waals surface area contributed by atoms with Crippen LogP contribution in [0.2, 0.25) is 0 Å². The van der Waals surface area contributed by atoms with Crippen LogP contribution in [0.4, 0.5) is 0 Å². The van der Waals surface area contributed by atoms with Crippen LogP contribution >= 0.6 is 0 Å². The van der Waals surface area contributed by atoms with Crippen molar-refractivity contribution >= 4 is 0 Å². The van der Waals surface area contributed by atoms with Crippen LogP contribution < -0.4 is 5.73 Å². The second-order valence-corrected chi connectivity index (χ2v) is 5.40. The first-order valence-electron chi connectivity index (χ1n) is 6.33. The Kier molecular flexibility index (Phi) is 8.23.